The van der Waals surface area contributed by atoms with E-state index in [1.54, 1.807) is 0 Å². The summed E-state index contributed by atoms with van der Waals surface area (Å²) < 4.78 is 1.89. The molecule has 1 aliphatic heterocycles. The first-order valence-electron chi connectivity index (χ1n) is 7.20. The van der Waals surface area contributed by atoms with Gasteiger partial charge in [-0.2, -0.15) is 0 Å². The molecule has 2 heterocycles. The molecule has 112 valence electrons. The Morgan fingerprint density at radius 3 is 3.14 bits per heavy atom. The van der Waals surface area contributed by atoms with E-state index in [1.165, 1.54) is 10.6 Å². The second kappa shape index (κ2) is 6.66. The van der Waals surface area contributed by atoms with E-state index in [1.807, 2.05) is 28.6 Å². The SMILES string of the molecule is CCCn1nnnc1CN1CCCSc2ccc(Cl)cc21. The van der Waals surface area contributed by atoms with Crippen LogP contribution in [0.4, 0.5) is 5.69 Å². The van der Waals surface area contributed by atoms with Crippen LogP contribution in [0.5, 0.6) is 0 Å². The van der Waals surface area contributed by atoms with Crippen molar-refractivity contribution < 1.29 is 0 Å². The molecule has 0 N–H and O–H groups in total. The number of halogens is 1. The van der Waals surface area contributed by atoms with Gasteiger partial charge in [0.2, 0.25) is 0 Å². The van der Waals surface area contributed by atoms with Gasteiger partial charge >= 0.3 is 0 Å². The highest BCUT2D eigenvalue weighted by Gasteiger charge is 2.19. The van der Waals surface area contributed by atoms with Crippen LogP contribution < -0.4 is 4.90 Å². The van der Waals surface area contributed by atoms with Crippen LogP contribution in [0.25, 0.3) is 0 Å². The second-order valence-corrected chi connectivity index (χ2v) is 6.63. The Bertz CT molecular complexity index is 615. The van der Waals surface area contributed by atoms with Crippen LogP contribution in [-0.4, -0.2) is 32.5 Å². The average molecular weight is 324 g/mol. The topological polar surface area (TPSA) is 46.8 Å². The van der Waals surface area contributed by atoms with Crippen LogP contribution in [0.3, 0.4) is 0 Å². The summed E-state index contributed by atoms with van der Waals surface area (Å²) >= 11 is 8.07. The van der Waals surface area contributed by atoms with Crippen molar-refractivity contribution in [2.45, 2.75) is 37.8 Å². The van der Waals surface area contributed by atoms with Crippen LogP contribution in [-0.2, 0) is 13.1 Å². The Morgan fingerprint density at radius 2 is 2.29 bits per heavy atom. The Hall–Kier alpha value is -1.27. The molecule has 0 bridgehead atoms. The number of nitrogens with zero attached hydrogens (tertiary/aromatic N) is 5. The Kier molecular flexibility index (Phi) is 4.65. The molecule has 0 aliphatic carbocycles. The molecule has 0 unspecified atom stereocenters. The van der Waals surface area contributed by atoms with Gasteiger partial charge in [-0.05, 0) is 47.2 Å². The van der Waals surface area contributed by atoms with Gasteiger partial charge in [-0.1, -0.05) is 18.5 Å². The molecule has 3 rings (SSSR count). The molecule has 1 aromatic carbocycles. The lowest BCUT2D eigenvalue weighted by atomic mass is 10.2. The minimum atomic E-state index is 0.723. The van der Waals surface area contributed by atoms with Crippen molar-refractivity contribution in [2.24, 2.45) is 0 Å². The van der Waals surface area contributed by atoms with Crippen LogP contribution in [0.15, 0.2) is 23.1 Å². The molecule has 2 aromatic rings. The van der Waals surface area contributed by atoms with E-state index in [0.717, 1.165) is 49.1 Å². The van der Waals surface area contributed by atoms with Crippen molar-refractivity contribution in [3.63, 3.8) is 0 Å². The Morgan fingerprint density at radius 1 is 1.38 bits per heavy atom. The first kappa shape index (κ1) is 14.7. The summed E-state index contributed by atoms with van der Waals surface area (Å²) in [5, 5.41) is 12.8. The molecule has 0 spiro atoms. The first-order valence-corrected chi connectivity index (χ1v) is 8.56. The molecular weight excluding hydrogens is 306 g/mol. The van der Waals surface area contributed by atoms with Gasteiger partial charge in [-0.15, -0.1) is 16.9 Å². The fourth-order valence-corrected chi connectivity index (χ4v) is 3.63. The van der Waals surface area contributed by atoms with E-state index >= 15 is 0 Å². The smallest absolute Gasteiger partial charge is 0.170 e. The molecule has 0 fully saturated rings. The van der Waals surface area contributed by atoms with Gasteiger partial charge in [0.25, 0.3) is 0 Å². The van der Waals surface area contributed by atoms with Gasteiger partial charge in [0.05, 0.1) is 12.2 Å². The van der Waals surface area contributed by atoms with E-state index in [0.29, 0.717) is 0 Å². The molecule has 1 aliphatic rings. The van der Waals surface area contributed by atoms with E-state index in [-0.39, 0.29) is 0 Å². The van der Waals surface area contributed by atoms with Crippen molar-refractivity contribution in [3.8, 4) is 0 Å². The summed E-state index contributed by atoms with van der Waals surface area (Å²) in [6, 6.07) is 6.11. The van der Waals surface area contributed by atoms with Crippen molar-refractivity contribution in [3.05, 3.63) is 29.0 Å². The third-order valence-electron chi connectivity index (χ3n) is 3.47. The maximum atomic E-state index is 6.18. The van der Waals surface area contributed by atoms with Gasteiger partial charge in [-0.25, -0.2) is 4.68 Å². The van der Waals surface area contributed by atoms with Crippen molar-refractivity contribution >= 4 is 29.1 Å². The van der Waals surface area contributed by atoms with Gasteiger partial charge in [0.15, 0.2) is 5.82 Å². The molecule has 0 amide bonds. The molecular formula is C14H18ClN5S. The van der Waals surface area contributed by atoms with E-state index in [2.05, 4.69) is 33.4 Å². The summed E-state index contributed by atoms with van der Waals surface area (Å²) in [5.74, 6) is 2.04. The lowest BCUT2D eigenvalue weighted by molar-refractivity contribution is 0.548. The lowest BCUT2D eigenvalue weighted by Crippen LogP contribution is -2.26. The summed E-state index contributed by atoms with van der Waals surface area (Å²) in [6.07, 6.45) is 2.17. The first-order chi connectivity index (χ1) is 10.3. The van der Waals surface area contributed by atoms with Crippen molar-refractivity contribution in [1.82, 2.24) is 20.2 Å². The number of anilines is 1. The number of hydrogen-bond donors (Lipinski definition) is 0. The third kappa shape index (κ3) is 3.32. The van der Waals surface area contributed by atoms with E-state index in [4.69, 9.17) is 11.6 Å². The fraction of sp³-hybridized carbons (Fsp3) is 0.500. The Labute approximate surface area is 133 Å². The summed E-state index contributed by atoms with van der Waals surface area (Å²) in [6.45, 7) is 4.71. The molecule has 7 heteroatoms. The number of fused-ring (bicyclic) bond motifs is 1. The summed E-state index contributed by atoms with van der Waals surface area (Å²) in [5.41, 5.74) is 1.19. The van der Waals surface area contributed by atoms with Crippen LogP contribution in [0.2, 0.25) is 5.02 Å². The van der Waals surface area contributed by atoms with E-state index < -0.39 is 0 Å². The van der Waals surface area contributed by atoms with Gasteiger partial charge in [0.1, 0.15) is 0 Å². The van der Waals surface area contributed by atoms with Gasteiger partial charge in [0, 0.05) is 23.0 Å². The predicted molar refractivity (Wildman–Crippen MR) is 86.0 cm³/mol. The standard InChI is InChI=1S/C14H18ClN5S/c1-2-6-20-14(16-17-18-20)10-19-7-3-8-21-13-5-4-11(15)9-12(13)19/h4-5,9H,2-3,6-8,10H2,1H3. The third-order valence-corrected chi connectivity index (χ3v) is 4.85. The largest absolute Gasteiger partial charge is 0.363 e. The highest BCUT2D eigenvalue weighted by atomic mass is 35.5. The Balaban J connectivity index is 1.88. The van der Waals surface area contributed by atoms with E-state index in [9.17, 15) is 0 Å². The number of aryl methyl sites for hydroxylation is 1. The molecule has 5 nitrogen and oxygen atoms in total. The second-order valence-electron chi connectivity index (χ2n) is 5.05. The van der Waals surface area contributed by atoms with Crippen LogP contribution in [0.1, 0.15) is 25.6 Å². The fourth-order valence-electron chi connectivity index (χ4n) is 2.47. The maximum Gasteiger partial charge on any atom is 0.170 e. The molecule has 1 aromatic heterocycles. The van der Waals surface area contributed by atoms with Gasteiger partial charge in [-0.3, -0.25) is 0 Å². The van der Waals surface area contributed by atoms with Crippen LogP contribution in [0, 0.1) is 0 Å². The number of tetrazole rings is 1. The number of thioether (sulfide) groups is 1. The zero-order valence-corrected chi connectivity index (χ0v) is 13.6. The van der Waals surface area contributed by atoms with Gasteiger partial charge < -0.3 is 4.90 Å². The lowest BCUT2D eigenvalue weighted by Gasteiger charge is -2.24. The predicted octanol–water partition coefficient (Wildman–Crippen LogP) is 3.24. The van der Waals surface area contributed by atoms with Crippen LogP contribution >= 0.6 is 23.4 Å². The maximum absolute atomic E-state index is 6.18. The molecule has 0 atom stereocenters. The van der Waals surface area contributed by atoms with Crippen molar-refractivity contribution in [1.29, 1.82) is 0 Å². The average Bonchev–Trinajstić information content (AvgIpc) is 2.81. The zero-order chi connectivity index (χ0) is 14.7. The summed E-state index contributed by atoms with van der Waals surface area (Å²) in [7, 11) is 0. The number of rotatable bonds is 4. The summed E-state index contributed by atoms with van der Waals surface area (Å²) in [4.78, 5) is 3.62. The quantitative estimate of drug-likeness (QED) is 0.864. The van der Waals surface area contributed by atoms with Crippen molar-refractivity contribution in [2.75, 3.05) is 17.2 Å². The normalized spacial score (nSPS) is 14.9. The molecule has 0 saturated carbocycles. The molecule has 21 heavy (non-hydrogen) atoms. The number of benzene rings is 1. The number of hydrogen-bond acceptors (Lipinski definition) is 5. The minimum Gasteiger partial charge on any atom is -0.363 e. The highest BCUT2D eigenvalue weighted by Crippen LogP contribution is 2.36. The minimum absolute atomic E-state index is 0.723. The molecule has 0 radical (unpaired) electrons. The molecule has 0 saturated heterocycles. The monoisotopic (exact) mass is 323 g/mol. The highest BCUT2D eigenvalue weighted by molar-refractivity contribution is 7.99. The number of aromatic nitrogens is 4. The zero-order valence-electron chi connectivity index (χ0n) is 12.0.